The molecule has 1 aromatic heterocycles. The zero-order valence-corrected chi connectivity index (χ0v) is 17.0. The van der Waals surface area contributed by atoms with Crippen LogP contribution in [0.15, 0.2) is 64.1 Å². The standard InChI is InChI=1S/C22H17N3O4S/c1-12-6-7-14(22-23-13(2)11-29-22)10-18(12)25-30(27,28)19-9-8-17-20-15(19)4-3-5-16(20)21(26)24-17/h3-11,25H,1-2H3,(H,24,26). The molecule has 1 aliphatic heterocycles. The third-order valence-corrected chi connectivity index (χ3v) is 6.55. The molecule has 0 saturated heterocycles. The van der Waals surface area contributed by atoms with Crippen LogP contribution in [-0.2, 0) is 10.0 Å². The Balaban J connectivity index is 1.60. The zero-order chi connectivity index (χ0) is 21.0. The molecule has 0 radical (unpaired) electrons. The summed E-state index contributed by atoms with van der Waals surface area (Å²) < 4.78 is 34.7. The van der Waals surface area contributed by atoms with Crippen LogP contribution in [0.1, 0.15) is 21.6 Å². The van der Waals surface area contributed by atoms with E-state index in [1.165, 1.54) is 6.07 Å². The van der Waals surface area contributed by atoms with Gasteiger partial charge >= 0.3 is 0 Å². The lowest BCUT2D eigenvalue weighted by molar-refractivity contribution is 0.103. The molecule has 0 unspecified atom stereocenters. The van der Waals surface area contributed by atoms with E-state index in [-0.39, 0.29) is 10.8 Å². The fourth-order valence-corrected chi connectivity index (χ4v) is 4.97. The molecule has 3 aromatic carbocycles. The molecule has 4 aromatic rings. The van der Waals surface area contributed by atoms with Gasteiger partial charge in [0.05, 0.1) is 16.3 Å². The van der Waals surface area contributed by atoms with Crippen LogP contribution in [0.25, 0.3) is 22.2 Å². The largest absolute Gasteiger partial charge is 0.444 e. The number of carbonyl (C=O) groups is 1. The van der Waals surface area contributed by atoms with E-state index in [0.717, 1.165) is 11.3 Å². The highest BCUT2D eigenvalue weighted by Gasteiger charge is 2.26. The first-order valence-electron chi connectivity index (χ1n) is 9.26. The fourth-order valence-electron chi connectivity index (χ4n) is 3.65. The van der Waals surface area contributed by atoms with Crippen LogP contribution < -0.4 is 10.0 Å². The summed E-state index contributed by atoms with van der Waals surface area (Å²) in [6.07, 6.45) is 1.54. The highest BCUT2D eigenvalue weighted by Crippen LogP contribution is 2.37. The molecule has 0 aliphatic carbocycles. The van der Waals surface area contributed by atoms with Crippen LogP contribution in [0.3, 0.4) is 0 Å². The number of sulfonamides is 1. The maximum absolute atomic E-state index is 13.3. The number of hydrogen-bond acceptors (Lipinski definition) is 5. The fraction of sp³-hybridized carbons (Fsp3) is 0.0909. The molecule has 0 atom stereocenters. The molecule has 1 aliphatic rings. The Morgan fingerprint density at radius 1 is 1.07 bits per heavy atom. The van der Waals surface area contributed by atoms with E-state index in [4.69, 9.17) is 4.42 Å². The van der Waals surface area contributed by atoms with Gasteiger partial charge in [-0.2, -0.15) is 0 Å². The lowest BCUT2D eigenvalue weighted by Crippen LogP contribution is -2.14. The van der Waals surface area contributed by atoms with Crippen LogP contribution in [0.5, 0.6) is 0 Å². The van der Waals surface area contributed by atoms with Gasteiger partial charge in [0.25, 0.3) is 15.9 Å². The number of amides is 1. The third-order valence-electron chi connectivity index (χ3n) is 5.13. The molecule has 0 fully saturated rings. The highest BCUT2D eigenvalue weighted by molar-refractivity contribution is 7.93. The number of anilines is 2. The Labute approximate surface area is 172 Å². The highest BCUT2D eigenvalue weighted by atomic mass is 32.2. The van der Waals surface area contributed by atoms with Crippen molar-refractivity contribution in [3.8, 4) is 11.5 Å². The van der Waals surface area contributed by atoms with Crippen molar-refractivity contribution in [2.45, 2.75) is 18.7 Å². The van der Waals surface area contributed by atoms with E-state index in [2.05, 4.69) is 15.0 Å². The Kier molecular flexibility index (Phi) is 3.94. The van der Waals surface area contributed by atoms with Crippen molar-refractivity contribution in [2.24, 2.45) is 0 Å². The molecular formula is C22H17N3O4S. The molecule has 0 spiro atoms. The molecule has 5 rings (SSSR count). The Morgan fingerprint density at radius 3 is 2.67 bits per heavy atom. The molecule has 8 heteroatoms. The molecule has 2 N–H and O–H groups in total. The van der Waals surface area contributed by atoms with Crippen LogP contribution >= 0.6 is 0 Å². The van der Waals surface area contributed by atoms with E-state index in [9.17, 15) is 13.2 Å². The Hall–Kier alpha value is -3.65. The van der Waals surface area contributed by atoms with Crippen molar-refractivity contribution in [3.63, 3.8) is 0 Å². The van der Waals surface area contributed by atoms with Gasteiger partial charge in [-0.1, -0.05) is 18.2 Å². The minimum Gasteiger partial charge on any atom is -0.444 e. The van der Waals surface area contributed by atoms with Gasteiger partial charge in [0.1, 0.15) is 6.26 Å². The van der Waals surface area contributed by atoms with Crippen molar-refractivity contribution in [3.05, 3.63) is 71.6 Å². The van der Waals surface area contributed by atoms with Gasteiger partial charge in [-0.15, -0.1) is 0 Å². The van der Waals surface area contributed by atoms with Crippen molar-refractivity contribution in [2.75, 3.05) is 10.0 Å². The first-order chi connectivity index (χ1) is 14.3. The van der Waals surface area contributed by atoms with Gasteiger partial charge in [0.2, 0.25) is 5.89 Å². The van der Waals surface area contributed by atoms with Gasteiger partial charge < -0.3 is 9.73 Å². The summed E-state index contributed by atoms with van der Waals surface area (Å²) in [5.41, 5.74) is 3.68. The quantitative estimate of drug-likeness (QED) is 0.508. The molecule has 1 amide bonds. The maximum atomic E-state index is 13.3. The predicted octanol–water partition coefficient (Wildman–Crippen LogP) is 4.48. The third kappa shape index (κ3) is 2.84. The predicted molar refractivity (Wildman–Crippen MR) is 114 cm³/mol. The van der Waals surface area contributed by atoms with Crippen LogP contribution in [0, 0.1) is 13.8 Å². The Morgan fingerprint density at radius 2 is 1.90 bits per heavy atom. The normalized spacial score (nSPS) is 12.9. The smallest absolute Gasteiger partial charge is 0.262 e. The molecule has 30 heavy (non-hydrogen) atoms. The van der Waals surface area contributed by atoms with Crippen molar-refractivity contribution >= 4 is 38.1 Å². The number of hydrogen-bond donors (Lipinski definition) is 2. The molecule has 0 bridgehead atoms. The summed E-state index contributed by atoms with van der Waals surface area (Å²) in [6.45, 7) is 3.64. The van der Waals surface area contributed by atoms with E-state index < -0.39 is 10.0 Å². The summed E-state index contributed by atoms with van der Waals surface area (Å²) in [7, 11) is -3.92. The summed E-state index contributed by atoms with van der Waals surface area (Å²) >= 11 is 0. The lowest BCUT2D eigenvalue weighted by Gasteiger charge is -2.13. The molecule has 150 valence electrons. The number of carbonyl (C=O) groups excluding carboxylic acids is 1. The lowest BCUT2D eigenvalue weighted by atomic mass is 10.1. The van der Waals surface area contributed by atoms with Gasteiger partial charge in [0.15, 0.2) is 0 Å². The van der Waals surface area contributed by atoms with Crippen molar-refractivity contribution in [1.29, 1.82) is 0 Å². The van der Waals surface area contributed by atoms with Crippen LogP contribution in [-0.4, -0.2) is 19.3 Å². The zero-order valence-electron chi connectivity index (χ0n) is 16.2. The summed E-state index contributed by atoms with van der Waals surface area (Å²) in [5, 5.41) is 3.87. The topological polar surface area (TPSA) is 101 Å². The van der Waals surface area contributed by atoms with E-state index >= 15 is 0 Å². The number of oxazole rings is 1. The van der Waals surface area contributed by atoms with Gasteiger partial charge in [-0.3, -0.25) is 9.52 Å². The maximum Gasteiger partial charge on any atom is 0.262 e. The number of aromatic nitrogens is 1. The minimum atomic E-state index is -3.92. The monoisotopic (exact) mass is 419 g/mol. The van der Waals surface area contributed by atoms with Gasteiger partial charge in [0, 0.05) is 27.6 Å². The number of nitrogens with zero attached hydrogens (tertiary/aromatic N) is 1. The first-order valence-corrected chi connectivity index (χ1v) is 10.7. The van der Waals surface area contributed by atoms with E-state index in [0.29, 0.717) is 39.2 Å². The van der Waals surface area contributed by atoms with Crippen LogP contribution in [0.2, 0.25) is 0 Å². The second kappa shape index (κ2) is 6.43. The SMILES string of the molecule is Cc1coc(-c2ccc(C)c(NS(=O)(=O)c3ccc4c5c(cccc35)C(=O)N4)c2)n1. The van der Waals surface area contributed by atoms with Crippen LogP contribution in [0.4, 0.5) is 11.4 Å². The number of nitrogens with one attached hydrogen (secondary N) is 2. The number of benzene rings is 3. The minimum absolute atomic E-state index is 0.108. The average molecular weight is 419 g/mol. The number of rotatable bonds is 4. The van der Waals surface area contributed by atoms with Gasteiger partial charge in [-0.05, 0) is 49.7 Å². The number of aryl methyl sites for hydroxylation is 2. The second-order valence-electron chi connectivity index (χ2n) is 7.22. The average Bonchev–Trinajstić information content (AvgIpc) is 3.28. The van der Waals surface area contributed by atoms with Crippen molar-refractivity contribution < 1.29 is 17.6 Å². The van der Waals surface area contributed by atoms with E-state index in [1.54, 1.807) is 36.6 Å². The molecular weight excluding hydrogens is 402 g/mol. The van der Waals surface area contributed by atoms with Crippen molar-refractivity contribution in [1.82, 2.24) is 4.98 Å². The second-order valence-corrected chi connectivity index (χ2v) is 8.87. The summed E-state index contributed by atoms with van der Waals surface area (Å²) in [5.74, 6) is 0.186. The Bertz CT molecular complexity index is 1450. The van der Waals surface area contributed by atoms with E-state index in [1.807, 2.05) is 26.0 Å². The first kappa shape index (κ1) is 18.4. The summed E-state index contributed by atoms with van der Waals surface area (Å²) in [4.78, 5) is 16.5. The molecule has 2 heterocycles. The molecule has 7 nitrogen and oxygen atoms in total. The summed E-state index contributed by atoms with van der Waals surface area (Å²) in [6, 6.07) is 13.5. The molecule has 0 saturated carbocycles. The van der Waals surface area contributed by atoms with Gasteiger partial charge in [-0.25, -0.2) is 13.4 Å².